The fourth-order valence-corrected chi connectivity index (χ4v) is 1.51. The van der Waals surface area contributed by atoms with Crippen LogP contribution in [0.25, 0.3) is 10.9 Å². The zero-order valence-electron chi connectivity index (χ0n) is 9.53. The summed E-state index contributed by atoms with van der Waals surface area (Å²) < 4.78 is 42.4. The molecular weight excluding hydrogens is 245 g/mol. The van der Waals surface area contributed by atoms with E-state index in [-0.39, 0.29) is 11.4 Å². The first kappa shape index (κ1) is 12.5. The van der Waals surface area contributed by atoms with Gasteiger partial charge in [0, 0.05) is 5.39 Å². The number of aromatic nitrogens is 1. The highest BCUT2D eigenvalue weighted by Crippen LogP contribution is 2.33. The SMILES string of the molecule is CC(Oc1c(N)cnc2ccccc12)C(F)(F)F. The lowest BCUT2D eigenvalue weighted by Crippen LogP contribution is -2.31. The number of nitrogens with zero attached hydrogens (tertiary/aromatic N) is 1. The molecule has 1 atom stereocenters. The second-order valence-corrected chi connectivity index (χ2v) is 3.86. The normalized spacial score (nSPS) is 13.6. The number of hydrogen-bond donors (Lipinski definition) is 1. The van der Waals surface area contributed by atoms with Crippen molar-refractivity contribution < 1.29 is 17.9 Å². The number of hydrogen-bond acceptors (Lipinski definition) is 3. The van der Waals surface area contributed by atoms with E-state index >= 15 is 0 Å². The number of rotatable bonds is 2. The molecule has 2 rings (SSSR count). The third kappa shape index (κ3) is 2.32. The molecule has 0 aliphatic heterocycles. The molecular formula is C12H11F3N2O. The summed E-state index contributed by atoms with van der Waals surface area (Å²) in [6.45, 7) is 0.939. The Morgan fingerprint density at radius 1 is 1.28 bits per heavy atom. The highest BCUT2D eigenvalue weighted by molar-refractivity contribution is 5.89. The number of anilines is 1. The smallest absolute Gasteiger partial charge is 0.425 e. The quantitative estimate of drug-likeness (QED) is 0.897. The Kier molecular flexibility index (Phi) is 3.02. The van der Waals surface area contributed by atoms with E-state index in [0.29, 0.717) is 10.9 Å². The van der Waals surface area contributed by atoms with Gasteiger partial charge < -0.3 is 10.5 Å². The topological polar surface area (TPSA) is 48.1 Å². The third-order valence-corrected chi connectivity index (χ3v) is 2.51. The first-order valence-corrected chi connectivity index (χ1v) is 5.26. The van der Waals surface area contributed by atoms with E-state index < -0.39 is 12.3 Å². The molecule has 0 aliphatic rings. The number of para-hydroxylation sites is 1. The molecule has 1 aromatic carbocycles. The van der Waals surface area contributed by atoms with Crippen LogP contribution in [0.3, 0.4) is 0 Å². The van der Waals surface area contributed by atoms with Crippen LogP contribution in [0.15, 0.2) is 30.5 Å². The monoisotopic (exact) mass is 256 g/mol. The van der Waals surface area contributed by atoms with Crippen LogP contribution in [0.2, 0.25) is 0 Å². The molecule has 1 heterocycles. The number of pyridine rings is 1. The fraction of sp³-hybridized carbons (Fsp3) is 0.250. The van der Waals surface area contributed by atoms with Crippen molar-refractivity contribution in [2.24, 2.45) is 0 Å². The lowest BCUT2D eigenvalue weighted by atomic mass is 10.2. The van der Waals surface area contributed by atoms with Crippen LogP contribution in [0.5, 0.6) is 5.75 Å². The Bertz CT molecular complexity index is 569. The van der Waals surface area contributed by atoms with E-state index in [0.717, 1.165) is 6.92 Å². The molecule has 96 valence electrons. The minimum absolute atomic E-state index is 0.0189. The molecule has 0 radical (unpaired) electrons. The second kappa shape index (κ2) is 4.36. The zero-order valence-corrected chi connectivity index (χ0v) is 9.53. The molecule has 2 aromatic rings. The summed E-state index contributed by atoms with van der Waals surface area (Å²) >= 11 is 0. The van der Waals surface area contributed by atoms with E-state index in [4.69, 9.17) is 10.5 Å². The van der Waals surface area contributed by atoms with E-state index in [1.807, 2.05) is 0 Å². The van der Waals surface area contributed by atoms with E-state index in [1.54, 1.807) is 24.3 Å². The van der Waals surface area contributed by atoms with Gasteiger partial charge in [-0.3, -0.25) is 4.98 Å². The predicted molar refractivity (Wildman–Crippen MR) is 62.3 cm³/mol. The molecule has 0 spiro atoms. The van der Waals surface area contributed by atoms with Gasteiger partial charge in [-0.1, -0.05) is 12.1 Å². The third-order valence-electron chi connectivity index (χ3n) is 2.51. The maximum Gasteiger partial charge on any atom is 0.425 e. The number of alkyl halides is 3. The molecule has 0 saturated carbocycles. The van der Waals surface area contributed by atoms with Gasteiger partial charge in [0.05, 0.1) is 17.4 Å². The van der Waals surface area contributed by atoms with Crippen LogP contribution < -0.4 is 10.5 Å². The Morgan fingerprint density at radius 3 is 2.61 bits per heavy atom. The van der Waals surface area contributed by atoms with Crippen molar-refractivity contribution in [1.29, 1.82) is 0 Å². The summed E-state index contributed by atoms with van der Waals surface area (Å²) in [6, 6.07) is 6.73. The van der Waals surface area contributed by atoms with Crippen molar-refractivity contribution in [2.75, 3.05) is 5.73 Å². The van der Waals surface area contributed by atoms with Crippen molar-refractivity contribution >= 4 is 16.6 Å². The van der Waals surface area contributed by atoms with Gasteiger partial charge in [-0.2, -0.15) is 13.2 Å². The lowest BCUT2D eigenvalue weighted by Gasteiger charge is -2.19. The standard InChI is InChI=1S/C12H11F3N2O/c1-7(12(13,14)15)18-11-8-4-2-3-5-10(8)17-6-9(11)16/h2-7H,16H2,1H3. The van der Waals surface area contributed by atoms with Crippen LogP contribution in [-0.2, 0) is 0 Å². The molecule has 0 aliphatic carbocycles. The average molecular weight is 256 g/mol. The molecule has 6 heteroatoms. The summed E-state index contributed by atoms with van der Waals surface area (Å²) in [5.41, 5.74) is 6.25. The molecule has 0 saturated heterocycles. The first-order chi connectivity index (χ1) is 8.39. The first-order valence-electron chi connectivity index (χ1n) is 5.26. The van der Waals surface area contributed by atoms with Gasteiger partial charge in [0.15, 0.2) is 11.9 Å². The zero-order chi connectivity index (χ0) is 13.3. The summed E-state index contributed by atoms with van der Waals surface area (Å²) in [5, 5.41) is 0.466. The Labute approximate surface area is 101 Å². The van der Waals surface area contributed by atoms with Crippen molar-refractivity contribution in [3.8, 4) is 5.75 Å². The number of halogens is 3. The van der Waals surface area contributed by atoms with Crippen LogP contribution in [0, 0.1) is 0 Å². The van der Waals surface area contributed by atoms with Gasteiger partial charge in [0.2, 0.25) is 0 Å². The number of nitrogens with two attached hydrogens (primary N) is 1. The predicted octanol–water partition coefficient (Wildman–Crippen LogP) is 3.15. The molecule has 2 N–H and O–H groups in total. The van der Waals surface area contributed by atoms with Crippen molar-refractivity contribution in [1.82, 2.24) is 4.98 Å². The van der Waals surface area contributed by atoms with Gasteiger partial charge in [0.25, 0.3) is 0 Å². The van der Waals surface area contributed by atoms with Gasteiger partial charge in [-0.15, -0.1) is 0 Å². The molecule has 1 aromatic heterocycles. The Balaban J connectivity index is 2.47. The number of benzene rings is 1. The number of nitrogen functional groups attached to an aromatic ring is 1. The van der Waals surface area contributed by atoms with Gasteiger partial charge in [0.1, 0.15) is 0 Å². The minimum Gasteiger partial charge on any atom is -0.478 e. The minimum atomic E-state index is -4.43. The van der Waals surface area contributed by atoms with Crippen LogP contribution >= 0.6 is 0 Å². The maximum absolute atomic E-state index is 12.5. The maximum atomic E-state index is 12.5. The second-order valence-electron chi connectivity index (χ2n) is 3.86. The van der Waals surface area contributed by atoms with Crippen molar-refractivity contribution in [3.05, 3.63) is 30.5 Å². The van der Waals surface area contributed by atoms with E-state index in [1.165, 1.54) is 6.20 Å². The molecule has 0 bridgehead atoms. The van der Waals surface area contributed by atoms with Crippen LogP contribution in [-0.4, -0.2) is 17.3 Å². The summed E-state index contributed by atoms with van der Waals surface area (Å²) in [5.74, 6) is 0.0189. The number of fused-ring (bicyclic) bond motifs is 1. The Morgan fingerprint density at radius 2 is 1.94 bits per heavy atom. The Hall–Kier alpha value is -1.98. The van der Waals surface area contributed by atoms with Crippen molar-refractivity contribution in [3.63, 3.8) is 0 Å². The van der Waals surface area contributed by atoms with Gasteiger partial charge in [-0.05, 0) is 19.1 Å². The molecule has 0 fully saturated rings. The molecule has 18 heavy (non-hydrogen) atoms. The summed E-state index contributed by atoms with van der Waals surface area (Å²) in [7, 11) is 0. The summed E-state index contributed by atoms with van der Waals surface area (Å²) in [4.78, 5) is 4.02. The van der Waals surface area contributed by atoms with Crippen LogP contribution in [0.4, 0.5) is 18.9 Å². The summed E-state index contributed by atoms with van der Waals surface area (Å²) in [6.07, 6.45) is -5.07. The van der Waals surface area contributed by atoms with Gasteiger partial charge >= 0.3 is 6.18 Å². The van der Waals surface area contributed by atoms with E-state index in [9.17, 15) is 13.2 Å². The fourth-order valence-electron chi connectivity index (χ4n) is 1.51. The molecule has 3 nitrogen and oxygen atoms in total. The lowest BCUT2D eigenvalue weighted by molar-refractivity contribution is -0.188. The molecule has 1 unspecified atom stereocenters. The largest absolute Gasteiger partial charge is 0.478 e. The number of ether oxygens (including phenoxy) is 1. The van der Waals surface area contributed by atoms with Gasteiger partial charge in [-0.25, -0.2) is 0 Å². The molecule has 0 amide bonds. The van der Waals surface area contributed by atoms with Crippen molar-refractivity contribution in [2.45, 2.75) is 19.2 Å². The van der Waals surface area contributed by atoms with E-state index in [2.05, 4.69) is 4.98 Å². The highest BCUT2D eigenvalue weighted by Gasteiger charge is 2.38. The highest BCUT2D eigenvalue weighted by atomic mass is 19.4. The average Bonchev–Trinajstić information content (AvgIpc) is 2.31. The van der Waals surface area contributed by atoms with Crippen LogP contribution in [0.1, 0.15) is 6.92 Å².